The number of aliphatic carboxylic acids is 1. The predicted octanol–water partition coefficient (Wildman–Crippen LogP) is -1.69. The van der Waals surface area contributed by atoms with Crippen LogP contribution in [0.3, 0.4) is 0 Å². The van der Waals surface area contributed by atoms with Gasteiger partial charge in [-0.05, 0) is 6.42 Å². The zero-order chi connectivity index (χ0) is 12.3. The van der Waals surface area contributed by atoms with E-state index in [4.69, 9.17) is 14.6 Å². The normalized spacial score (nSPS) is 39.6. The molecule has 0 bridgehead atoms. The highest BCUT2D eigenvalue weighted by Gasteiger charge is 2.47. The van der Waals surface area contributed by atoms with Gasteiger partial charge in [0, 0.05) is 6.61 Å². The van der Waals surface area contributed by atoms with E-state index in [0.717, 1.165) is 0 Å². The third-order valence-electron chi connectivity index (χ3n) is 2.30. The van der Waals surface area contributed by atoms with Gasteiger partial charge in [-0.15, -0.1) is 0 Å². The molecule has 7 heteroatoms. The van der Waals surface area contributed by atoms with Crippen molar-refractivity contribution in [1.29, 1.82) is 0 Å². The predicted molar refractivity (Wildman–Crippen MR) is 50.6 cm³/mol. The van der Waals surface area contributed by atoms with Crippen LogP contribution in [-0.4, -0.2) is 63.7 Å². The van der Waals surface area contributed by atoms with E-state index in [1.54, 1.807) is 0 Å². The smallest absolute Gasteiger partial charge is 0.335 e. The van der Waals surface area contributed by atoms with Gasteiger partial charge in [0.25, 0.3) is 0 Å². The van der Waals surface area contributed by atoms with Crippen molar-refractivity contribution in [3.63, 3.8) is 0 Å². The topological polar surface area (TPSA) is 116 Å². The summed E-state index contributed by atoms with van der Waals surface area (Å²) in [7, 11) is 0. The molecule has 0 radical (unpaired) electrons. The SMILES string of the molecule is CCCO[C@@H]1O[C@@H](C(=O)O)[C@H](O)[C@@H](O)[C@@H]1O. The van der Waals surface area contributed by atoms with Crippen LogP contribution in [0, 0.1) is 0 Å². The van der Waals surface area contributed by atoms with Gasteiger partial charge in [0.15, 0.2) is 12.4 Å². The standard InChI is InChI=1S/C9H16O7/c1-2-3-15-9-6(12)4(10)5(11)7(16-9)8(13)14/h4-7,9-12H,2-3H2,1H3,(H,13,14)/t4-,5-,6+,7-,9-/m1/s1. The molecule has 16 heavy (non-hydrogen) atoms. The average Bonchev–Trinajstić information content (AvgIpc) is 2.24. The van der Waals surface area contributed by atoms with Crippen molar-refractivity contribution in [1.82, 2.24) is 0 Å². The molecule has 0 saturated carbocycles. The quantitative estimate of drug-likeness (QED) is 0.460. The molecular formula is C9H16O7. The monoisotopic (exact) mass is 236 g/mol. The minimum atomic E-state index is -1.67. The van der Waals surface area contributed by atoms with Crippen LogP contribution in [-0.2, 0) is 14.3 Å². The van der Waals surface area contributed by atoms with Crippen LogP contribution in [0.1, 0.15) is 13.3 Å². The molecule has 1 saturated heterocycles. The van der Waals surface area contributed by atoms with Gasteiger partial charge in [0.05, 0.1) is 0 Å². The number of rotatable bonds is 4. The second-order valence-electron chi connectivity index (χ2n) is 3.61. The Morgan fingerprint density at radius 1 is 1.25 bits per heavy atom. The molecule has 7 nitrogen and oxygen atoms in total. The van der Waals surface area contributed by atoms with Gasteiger partial charge in [-0.1, -0.05) is 6.92 Å². The van der Waals surface area contributed by atoms with Crippen LogP contribution in [0.15, 0.2) is 0 Å². The Balaban J connectivity index is 2.69. The number of ether oxygens (including phenoxy) is 2. The first kappa shape index (κ1) is 13.3. The average molecular weight is 236 g/mol. The Morgan fingerprint density at radius 3 is 2.38 bits per heavy atom. The summed E-state index contributed by atoms with van der Waals surface area (Å²) in [5.74, 6) is -1.41. The number of hydrogen-bond donors (Lipinski definition) is 4. The summed E-state index contributed by atoms with van der Waals surface area (Å²) >= 11 is 0. The summed E-state index contributed by atoms with van der Waals surface area (Å²) in [6, 6.07) is 0. The first-order valence-corrected chi connectivity index (χ1v) is 5.03. The van der Waals surface area contributed by atoms with Crippen molar-refractivity contribution in [3.8, 4) is 0 Å². The van der Waals surface area contributed by atoms with E-state index in [1.807, 2.05) is 6.92 Å². The van der Waals surface area contributed by atoms with Crippen LogP contribution < -0.4 is 0 Å². The molecular weight excluding hydrogens is 220 g/mol. The molecule has 5 atom stereocenters. The summed E-state index contributed by atoms with van der Waals surface area (Å²) in [5.41, 5.74) is 0. The molecule has 1 rings (SSSR count). The number of aliphatic hydroxyl groups is 3. The minimum absolute atomic E-state index is 0.261. The van der Waals surface area contributed by atoms with Crippen molar-refractivity contribution < 1.29 is 34.7 Å². The minimum Gasteiger partial charge on any atom is -0.479 e. The number of aliphatic hydroxyl groups excluding tert-OH is 3. The van der Waals surface area contributed by atoms with Crippen molar-refractivity contribution in [2.45, 2.75) is 44.1 Å². The second-order valence-corrected chi connectivity index (χ2v) is 3.61. The van der Waals surface area contributed by atoms with Gasteiger partial charge < -0.3 is 29.9 Å². The van der Waals surface area contributed by atoms with E-state index in [-0.39, 0.29) is 6.61 Å². The van der Waals surface area contributed by atoms with Gasteiger partial charge in [-0.2, -0.15) is 0 Å². The van der Waals surface area contributed by atoms with Crippen LogP contribution in [0.25, 0.3) is 0 Å². The lowest BCUT2D eigenvalue weighted by atomic mass is 9.99. The van der Waals surface area contributed by atoms with E-state index in [0.29, 0.717) is 6.42 Å². The highest BCUT2D eigenvalue weighted by molar-refractivity contribution is 5.73. The van der Waals surface area contributed by atoms with Crippen LogP contribution >= 0.6 is 0 Å². The van der Waals surface area contributed by atoms with E-state index in [1.165, 1.54) is 0 Å². The molecule has 0 aliphatic carbocycles. The summed E-state index contributed by atoms with van der Waals surface area (Å²) < 4.78 is 9.90. The fraction of sp³-hybridized carbons (Fsp3) is 0.889. The van der Waals surface area contributed by atoms with Crippen LogP contribution in [0.5, 0.6) is 0 Å². The fourth-order valence-corrected chi connectivity index (χ4v) is 1.42. The molecule has 0 aromatic carbocycles. The molecule has 0 spiro atoms. The maximum atomic E-state index is 10.7. The zero-order valence-electron chi connectivity index (χ0n) is 8.81. The van der Waals surface area contributed by atoms with Crippen molar-refractivity contribution >= 4 is 5.97 Å². The Labute approximate surface area is 92.2 Å². The van der Waals surface area contributed by atoms with Crippen molar-refractivity contribution in [2.75, 3.05) is 6.61 Å². The highest BCUT2D eigenvalue weighted by Crippen LogP contribution is 2.22. The summed E-state index contributed by atoms with van der Waals surface area (Å²) in [4.78, 5) is 10.7. The molecule has 94 valence electrons. The lowest BCUT2D eigenvalue weighted by molar-refractivity contribution is -0.293. The number of carboxylic acid groups (broad SMARTS) is 1. The summed E-state index contributed by atoms with van der Waals surface area (Å²) in [6.07, 6.45) is -6.91. The molecule has 4 N–H and O–H groups in total. The zero-order valence-corrected chi connectivity index (χ0v) is 8.81. The van der Waals surface area contributed by atoms with Gasteiger partial charge in [-0.3, -0.25) is 0 Å². The first-order chi connectivity index (χ1) is 7.49. The van der Waals surface area contributed by atoms with Gasteiger partial charge in [0.1, 0.15) is 18.3 Å². The summed E-state index contributed by atoms with van der Waals surface area (Å²) in [5, 5.41) is 37.0. The Hall–Kier alpha value is -0.730. The van der Waals surface area contributed by atoms with E-state index >= 15 is 0 Å². The molecule has 0 aromatic heterocycles. The second kappa shape index (κ2) is 5.55. The Bertz CT molecular complexity index is 244. The highest BCUT2D eigenvalue weighted by atomic mass is 16.7. The van der Waals surface area contributed by atoms with Crippen molar-refractivity contribution in [3.05, 3.63) is 0 Å². The van der Waals surface area contributed by atoms with Crippen LogP contribution in [0.2, 0.25) is 0 Å². The lowest BCUT2D eigenvalue weighted by Gasteiger charge is -2.38. The third-order valence-corrected chi connectivity index (χ3v) is 2.30. The number of carbonyl (C=O) groups is 1. The summed E-state index contributed by atoms with van der Waals surface area (Å²) in [6.45, 7) is 2.09. The van der Waals surface area contributed by atoms with E-state index in [2.05, 4.69) is 0 Å². The molecule has 1 heterocycles. The molecule has 1 fully saturated rings. The van der Waals surface area contributed by atoms with Gasteiger partial charge >= 0.3 is 5.97 Å². The molecule has 0 unspecified atom stereocenters. The van der Waals surface area contributed by atoms with Gasteiger partial charge in [0.2, 0.25) is 0 Å². The maximum absolute atomic E-state index is 10.7. The molecule has 1 aliphatic heterocycles. The molecule has 0 aromatic rings. The number of carboxylic acids is 1. The van der Waals surface area contributed by atoms with E-state index in [9.17, 15) is 20.1 Å². The Kier molecular flexibility index (Phi) is 4.63. The van der Waals surface area contributed by atoms with Gasteiger partial charge in [-0.25, -0.2) is 4.79 Å². The fourth-order valence-electron chi connectivity index (χ4n) is 1.42. The van der Waals surface area contributed by atoms with Crippen molar-refractivity contribution in [2.24, 2.45) is 0 Å². The van der Waals surface area contributed by atoms with E-state index < -0.39 is 36.7 Å². The largest absolute Gasteiger partial charge is 0.479 e. The molecule has 1 aliphatic rings. The third kappa shape index (κ3) is 2.69. The lowest BCUT2D eigenvalue weighted by Crippen LogP contribution is -2.60. The Morgan fingerprint density at radius 2 is 1.88 bits per heavy atom. The molecule has 0 amide bonds. The van der Waals surface area contributed by atoms with Crippen LogP contribution in [0.4, 0.5) is 0 Å². The first-order valence-electron chi connectivity index (χ1n) is 5.03. The maximum Gasteiger partial charge on any atom is 0.335 e. The number of hydrogen-bond acceptors (Lipinski definition) is 6.